The van der Waals surface area contributed by atoms with Crippen molar-refractivity contribution in [1.29, 1.82) is 0 Å². The van der Waals surface area contributed by atoms with Crippen molar-refractivity contribution in [2.24, 2.45) is 0 Å². The number of benzene rings is 3. The molecule has 0 bridgehead atoms. The van der Waals surface area contributed by atoms with Crippen LogP contribution in [0.1, 0.15) is 18.4 Å². The Kier molecular flexibility index (Phi) is 6.64. The highest BCUT2D eigenvalue weighted by molar-refractivity contribution is 7.89. The van der Waals surface area contributed by atoms with E-state index in [9.17, 15) is 12.8 Å². The summed E-state index contributed by atoms with van der Waals surface area (Å²) in [6.45, 7) is 0.803. The van der Waals surface area contributed by atoms with Gasteiger partial charge in [0.25, 0.3) is 10.0 Å². The number of nitrogens with zero attached hydrogens (tertiary/aromatic N) is 1. The number of sulfonamides is 1. The number of hydrogen-bond donors (Lipinski definition) is 0. The van der Waals surface area contributed by atoms with E-state index in [1.165, 1.54) is 29.6 Å². The van der Waals surface area contributed by atoms with Crippen LogP contribution >= 0.6 is 0 Å². The van der Waals surface area contributed by atoms with Gasteiger partial charge >= 0.3 is 0 Å². The predicted molar refractivity (Wildman–Crippen MR) is 127 cm³/mol. The molecule has 1 heterocycles. The largest absolute Gasteiger partial charge is 0.493 e. The first-order valence-corrected chi connectivity index (χ1v) is 12.8. The summed E-state index contributed by atoms with van der Waals surface area (Å²) in [5, 5.41) is 0. The molecule has 0 radical (unpaired) electrons. The SMILES string of the molecule is COc1cc(F)ccc1Oc1cccc2c1S(=O)(=O)N(C1CC1)C[C@@H](COCc1ccccc1)O2. The molecule has 3 aromatic rings. The highest BCUT2D eigenvalue weighted by atomic mass is 32.2. The van der Waals surface area contributed by atoms with Gasteiger partial charge in [-0.25, -0.2) is 12.8 Å². The zero-order valence-corrected chi connectivity index (χ0v) is 20.0. The molecule has 1 aliphatic carbocycles. The van der Waals surface area contributed by atoms with Gasteiger partial charge in [-0.1, -0.05) is 36.4 Å². The van der Waals surface area contributed by atoms with Crippen molar-refractivity contribution >= 4 is 10.0 Å². The molecule has 0 saturated heterocycles. The van der Waals surface area contributed by atoms with Crippen LogP contribution in [0.2, 0.25) is 0 Å². The van der Waals surface area contributed by atoms with Crippen LogP contribution in [0.4, 0.5) is 4.39 Å². The summed E-state index contributed by atoms with van der Waals surface area (Å²) >= 11 is 0. The molecular weight excluding hydrogens is 473 g/mol. The fraction of sp³-hybridized carbons (Fsp3) is 0.308. The first-order chi connectivity index (χ1) is 17.0. The van der Waals surface area contributed by atoms with Crippen LogP contribution in [0.25, 0.3) is 0 Å². The van der Waals surface area contributed by atoms with E-state index < -0.39 is 21.9 Å². The summed E-state index contributed by atoms with van der Waals surface area (Å²) in [6.07, 6.45) is 1.09. The molecule has 1 fully saturated rings. The molecular formula is C26H26FNO6S. The number of rotatable bonds is 8. The molecule has 5 rings (SSSR count). The Hall–Kier alpha value is -3.14. The third kappa shape index (κ3) is 5.12. The van der Waals surface area contributed by atoms with Gasteiger partial charge in [0.2, 0.25) is 0 Å². The molecule has 1 saturated carbocycles. The van der Waals surface area contributed by atoms with Crippen molar-refractivity contribution in [3.8, 4) is 23.0 Å². The van der Waals surface area contributed by atoms with E-state index in [2.05, 4.69) is 0 Å². The molecule has 0 N–H and O–H groups in total. The average molecular weight is 500 g/mol. The standard InChI is InChI=1S/C26H26FNO6S/c1-31-25-14-19(27)10-13-22(25)34-24-9-5-8-23-26(24)35(29,30)28(20-11-12-20)15-21(33-23)17-32-16-18-6-3-2-4-7-18/h2-10,13-14,20-21H,11-12,15-17H2,1H3/t21-/m0/s1. The number of fused-ring (bicyclic) bond motifs is 1. The molecule has 3 aromatic carbocycles. The molecule has 7 nitrogen and oxygen atoms in total. The Balaban J connectivity index is 1.45. The quantitative estimate of drug-likeness (QED) is 0.445. The van der Waals surface area contributed by atoms with E-state index in [4.69, 9.17) is 18.9 Å². The van der Waals surface area contributed by atoms with Crippen LogP contribution in [0.15, 0.2) is 71.6 Å². The molecule has 184 valence electrons. The summed E-state index contributed by atoms with van der Waals surface area (Å²) in [6, 6.07) is 18.3. The summed E-state index contributed by atoms with van der Waals surface area (Å²) in [7, 11) is -2.54. The Morgan fingerprint density at radius 1 is 1.00 bits per heavy atom. The van der Waals surface area contributed by atoms with E-state index in [1.807, 2.05) is 30.3 Å². The van der Waals surface area contributed by atoms with Crippen LogP contribution in [0, 0.1) is 5.82 Å². The average Bonchev–Trinajstić information content (AvgIpc) is 3.69. The minimum atomic E-state index is -3.93. The monoisotopic (exact) mass is 499 g/mol. The van der Waals surface area contributed by atoms with Gasteiger partial charge in [0.05, 0.1) is 26.9 Å². The summed E-state index contributed by atoms with van der Waals surface area (Å²) in [5.74, 6) is 0.141. The lowest BCUT2D eigenvalue weighted by Gasteiger charge is -2.23. The van der Waals surface area contributed by atoms with Gasteiger partial charge < -0.3 is 18.9 Å². The molecule has 1 aliphatic heterocycles. The third-order valence-electron chi connectivity index (χ3n) is 5.90. The van der Waals surface area contributed by atoms with Crippen LogP contribution < -0.4 is 14.2 Å². The zero-order chi connectivity index (χ0) is 24.4. The van der Waals surface area contributed by atoms with E-state index >= 15 is 0 Å². The second-order valence-corrected chi connectivity index (χ2v) is 10.4. The van der Waals surface area contributed by atoms with E-state index in [0.717, 1.165) is 18.4 Å². The second kappa shape index (κ2) is 9.85. The summed E-state index contributed by atoms with van der Waals surface area (Å²) in [5.41, 5.74) is 1.03. The van der Waals surface area contributed by atoms with E-state index in [-0.39, 0.29) is 47.1 Å². The van der Waals surface area contributed by atoms with Crippen molar-refractivity contribution in [1.82, 2.24) is 4.31 Å². The minimum absolute atomic E-state index is 0.0520. The Bertz CT molecular complexity index is 1300. The van der Waals surface area contributed by atoms with Gasteiger partial charge in [0.15, 0.2) is 22.1 Å². The van der Waals surface area contributed by atoms with Crippen molar-refractivity contribution < 1.29 is 31.8 Å². The van der Waals surface area contributed by atoms with Crippen LogP contribution in [-0.4, -0.2) is 45.1 Å². The topological polar surface area (TPSA) is 74.3 Å². The van der Waals surface area contributed by atoms with Crippen LogP contribution in [-0.2, 0) is 21.4 Å². The van der Waals surface area contributed by atoms with Crippen molar-refractivity contribution in [3.63, 3.8) is 0 Å². The van der Waals surface area contributed by atoms with Gasteiger partial charge in [-0.2, -0.15) is 4.31 Å². The normalized spacial score (nSPS) is 19.3. The fourth-order valence-corrected chi connectivity index (χ4v) is 6.01. The van der Waals surface area contributed by atoms with Crippen LogP contribution in [0.5, 0.6) is 23.0 Å². The van der Waals surface area contributed by atoms with Gasteiger partial charge in [-0.3, -0.25) is 0 Å². The molecule has 35 heavy (non-hydrogen) atoms. The number of methoxy groups -OCH3 is 1. The molecule has 1 atom stereocenters. The Labute approximate surface area is 204 Å². The Morgan fingerprint density at radius 2 is 1.80 bits per heavy atom. The molecule has 9 heteroatoms. The first-order valence-electron chi connectivity index (χ1n) is 11.4. The zero-order valence-electron chi connectivity index (χ0n) is 19.2. The highest BCUT2D eigenvalue weighted by Crippen LogP contribution is 2.44. The lowest BCUT2D eigenvalue weighted by molar-refractivity contribution is 0.0334. The maximum absolute atomic E-state index is 13.8. The molecule has 0 amide bonds. The van der Waals surface area contributed by atoms with Crippen molar-refractivity contribution in [3.05, 3.63) is 78.1 Å². The number of hydrogen-bond acceptors (Lipinski definition) is 6. The van der Waals surface area contributed by atoms with E-state index in [0.29, 0.717) is 6.61 Å². The van der Waals surface area contributed by atoms with E-state index in [1.54, 1.807) is 18.2 Å². The lowest BCUT2D eigenvalue weighted by Crippen LogP contribution is -2.40. The highest BCUT2D eigenvalue weighted by Gasteiger charge is 2.44. The summed E-state index contributed by atoms with van der Waals surface area (Å²) in [4.78, 5) is -0.0520. The summed E-state index contributed by atoms with van der Waals surface area (Å²) < 4.78 is 66.0. The smallest absolute Gasteiger partial charge is 0.250 e. The predicted octanol–water partition coefficient (Wildman–Crippen LogP) is 4.76. The number of halogens is 1. The maximum atomic E-state index is 13.8. The maximum Gasteiger partial charge on any atom is 0.250 e. The second-order valence-electron chi connectivity index (χ2n) is 8.53. The fourth-order valence-electron chi connectivity index (χ4n) is 4.08. The minimum Gasteiger partial charge on any atom is -0.493 e. The van der Waals surface area contributed by atoms with Crippen LogP contribution in [0.3, 0.4) is 0 Å². The van der Waals surface area contributed by atoms with Gasteiger partial charge in [0.1, 0.15) is 17.7 Å². The van der Waals surface area contributed by atoms with Gasteiger partial charge in [0, 0.05) is 12.1 Å². The molecule has 0 spiro atoms. The van der Waals surface area contributed by atoms with Crippen molar-refractivity contribution in [2.75, 3.05) is 20.3 Å². The van der Waals surface area contributed by atoms with Gasteiger partial charge in [-0.15, -0.1) is 0 Å². The molecule has 0 unspecified atom stereocenters. The van der Waals surface area contributed by atoms with Crippen molar-refractivity contribution in [2.45, 2.75) is 36.5 Å². The molecule has 2 aliphatic rings. The third-order valence-corrected chi connectivity index (χ3v) is 7.88. The lowest BCUT2D eigenvalue weighted by atomic mass is 10.2. The Morgan fingerprint density at radius 3 is 2.54 bits per heavy atom. The first kappa shape index (κ1) is 23.6. The number of ether oxygens (including phenoxy) is 4. The molecule has 0 aromatic heterocycles. The van der Waals surface area contributed by atoms with Gasteiger partial charge in [-0.05, 0) is 42.7 Å².